The molecule has 28 heavy (non-hydrogen) atoms. The third-order valence-corrected chi connectivity index (χ3v) is 6.45. The molecule has 2 rings (SSSR count). The molecule has 1 amide bonds. The molecule has 0 saturated heterocycles. The van der Waals surface area contributed by atoms with E-state index in [1.165, 1.54) is 0 Å². The van der Waals surface area contributed by atoms with Gasteiger partial charge >= 0.3 is 0 Å². The van der Waals surface area contributed by atoms with Gasteiger partial charge in [0.05, 0.1) is 11.9 Å². The number of benzene rings is 2. The minimum atomic E-state index is -3.57. The number of nitrogens with one attached hydrogen (secondary N) is 1. The van der Waals surface area contributed by atoms with E-state index in [2.05, 4.69) is 19.2 Å². The molecule has 0 unspecified atom stereocenters. The van der Waals surface area contributed by atoms with Crippen molar-refractivity contribution in [3.63, 3.8) is 0 Å². The first-order chi connectivity index (χ1) is 13.2. The van der Waals surface area contributed by atoms with Gasteiger partial charge in [0.2, 0.25) is 15.9 Å². The number of carbonyl (C=O) groups is 1. The van der Waals surface area contributed by atoms with Crippen molar-refractivity contribution in [3.05, 3.63) is 59.1 Å². The van der Waals surface area contributed by atoms with Crippen LogP contribution in [0.25, 0.3) is 0 Å². The Labute approximate surface area is 176 Å². The van der Waals surface area contributed by atoms with Gasteiger partial charge in [0.15, 0.2) is 0 Å². The molecule has 152 valence electrons. The van der Waals surface area contributed by atoms with Crippen LogP contribution in [0.5, 0.6) is 0 Å². The lowest BCUT2D eigenvalue weighted by atomic mass is 10.0. The molecule has 0 radical (unpaired) electrons. The second kappa shape index (κ2) is 10.2. The molecule has 5 nitrogen and oxygen atoms in total. The van der Waals surface area contributed by atoms with Crippen LogP contribution in [0.2, 0.25) is 5.02 Å². The molecular formula is C20H25ClN2O3S2. The van der Waals surface area contributed by atoms with E-state index in [0.29, 0.717) is 28.9 Å². The molecule has 0 fully saturated rings. The Morgan fingerprint density at radius 3 is 2.25 bits per heavy atom. The van der Waals surface area contributed by atoms with Crippen LogP contribution in [-0.2, 0) is 14.8 Å². The Kier molecular flexibility index (Phi) is 8.22. The second-order valence-electron chi connectivity index (χ2n) is 6.67. The standard InChI is InChI=1S/C20H25ClN2O3S2/c1-15(2)16-4-8-18(9-5-16)23(28(3,25)26)14-20(24)22-12-13-27-19-10-6-17(21)7-11-19/h4-11,15H,12-14H2,1-3H3,(H,22,24). The van der Waals surface area contributed by atoms with Gasteiger partial charge in [0.1, 0.15) is 6.54 Å². The fraction of sp³-hybridized carbons (Fsp3) is 0.350. The molecule has 0 heterocycles. The van der Waals surface area contributed by atoms with Gasteiger partial charge in [-0.05, 0) is 47.9 Å². The van der Waals surface area contributed by atoms with Crippen molar-refractivity contribution in [1.82, 2.24) is 5.32 Å². The van der Waals surface area contributed by atoms with Crippen LogP contribution in [0.15, 0.2) is 53.4 Å². The Hall–Kier alpha value is -1.70. The lowest BCUT2D eigenvalue weighted by Crippen LogP contribution is -2.41. The summed E-state index contributed by atoms with van der Waals surface area (Å²) in [5.41, 5.74) is 1.60. The third-order valence-electron chi connectivity index (χ3n) is 4.04. The van der Waals surface area contributed by atoms with Gasteiger partial charge in [-0.2, -0.15) is 0 Å². The number of sulfonamides is 1. The molecule has 8 heteroatoms. The van der Waals surface area contributed by atoms with Crippen LogP contribution in [-0.4, -0.2) is 39.4 Å². The summed E-state index contributed by atoms with van der Waals surface area (Å²) in [5.74, 6) is 0.687. The first-order valence-electron chi connectivity index (χ1n) is 8.89. The molecule has 0 saturated carbocycles. The van der Waals surface area contributed by atoms with Gasteiger partial charge in [0.25, 0.3) is 0 Å². The number of hydrogen-bond acceptors (Lipinski definition) is 4. The number of amides is 1. The Balaban J connectivity index is 1.91. The third kappa shape index (κ3) is 7.04. The molecular weight excluding hydrogens is 416 g/mol. The predicted octanol–water partition coefficient (Wildman–Crippen LogP) is 4.14. The van der Waals surface area contributed by atoms with Crippen LogP contribution in [0, 0.1) is 0 Å². The normalized spacial score (nSPS) is 11.5. The van der Waals surface area contributed by atoms with Crippen molar-refractivity contribution in [2.75, 3.05) is 29.4 Å². The summed E-state index contributed by atoms with van der Waals surface area (Å²) in [5, 5.41) is 3.45. The van der Waals surface area contributed by atoms with E-state index >= 15 is 0 Å². The average molecular weight is 441 g/mol. The SMILES string of the molecule is CC(C)c1ccc(N(CC(=O)NCCSc2ccc(Cl)cc2)S(C)(=O)=O)cc1. The lowest BCUT2D eigenvalue weighted by Gasteiger charge is -2.22. The van der Waals surface area contributed by atoms with Gasteiger partial charge in [-0.1, -0.05) is 37.6 Å². The monoisotopic (exact) mass is 440 g/mol. The first kappa shape index (κ1) is 22.6. The maximum Gasteiger partial charge on any atom is 0.240 e. The second-order valence-corrected chi connectivity index (χ2v) is 10.2. The van der Waals surface area contributed by atoms with E-state index in [1.54, 1.807) is 23.9 Å². The smallest absolute Gasteiger partial charge is 0.240 e. The zero-order valence-corrected chi connectivity index (χ0v) is 18.6. The largest absolute Gasteiger partial charge is 0.354 e. The Morgan fingerprint density at radius 2 is 1.71 bits per heavy atom. The van der Waals surface area contributed by atoms with E-state index in [0.717, 1.165) is 21.0 Å². The topological polar surface area (TPSA) is 66.5 Å². The minimum Gasteiger partial charge on any atom is -0.354 e. The summed E-state index contributed by atoms with van der Waals surface area (Å²) in [6.45, 7) is 4.33. The molecule has 1 N–H and O–H groups in total. The summed E-state index contributed by atoms with van der Waals surface area (Å²) >= 11 is 7.45. The van der Waals surface area contributed by atoms with Gasteiger partial charge < -0.3 is 5.32 Å². The summed E-state index contributed by atoms with van der Waals surface area (Å²) in [4.78, 5) is 13.3. The van der Waals surface area contributed by atoms with Gasteiger partial charge in [-0.25, -0.2) is 8.42 Å². The van der Waals surface area contributed by atoms with Gasteiger partial charge in [-0.3, -0.25) is 9.10 Å². The predicted molar refractivity (Wildman–Crippen MR) is 118 cm³/mol. The van der Waals surface area contributed by atoms with Crippen molar-refractivity contribution in [1.29, 1.82) is 0 Å². The summed E-state index contributed by atoms with van der Waals surface area (Å²) in [7, 11) is -3.57. The number of halogens is 1. The fourth-order valence-corrected chi connectivity index (χ4v) is 4.25. The highest BCUT2D eigenvalue weighted by Crippen LogP contribution is 2.22. The van der Waals surface area contributed by atoms with Crippen LogP contribution >= 0.6 is 23.4 Å². The molecule has 2 aromatic carbocycles. The fourth-order valence-electron chi connectivity index (χ4n) is 2.50. The van der Waals surface area contributed by atoms with Crippen LogP contribution in [0.4, 0.5) is 5.69 Å². The van der Waals surface area contributed by atoms with E-state index in [1.807, 2.05) is 36.4 Å². The minimum absolute atomic E-state index is 0.245. The van der Waals surface area contributed by atoms with E-state index in [-0.39, 0.29) is 12.5 Å². The lowest BCUT2D eigenvalue weighted by molar-refractivity contribution is -0.119. The summed E-state index contributed by atoms with van der Waals surface area (Å²) in [6.07, 6.45) is 1.10. The van der Waals surface area contributed by atoms with Gasteiger partial charge in [-0.15, -0.1) is 11.8 Å². The summed E-state index contributed by atoms with van der Waals surface area (Å²) in [6, 6.07) is 14.7. The molecule has 0 atom stereocenters. The molecule has 0 aliphatic rings. The van der Waals surface area contributed by atoms with Crippen molar-refractivity contribution >= 4 is 45.0 Å². The van der Waals surface area contributed by atoms with Crippen molar-refractivity contribution in [2.45, 2.75) is 24.7 Å². The molecule has 0 bridgehead atoms. The molecule has 0 aromatic heterocycles. The zero-order valence-electron chi connectivity index (χ0n) is 16.2. The molecule has 0 spiro atoms. The van der Waals surface area contributed by atoms with Crippen LogP contribution in [0.1, 0.15) is 25.3 Å². The average Bonchev–Trinajstić information content (AvgIpc) is 2.64. The first-order valence-corrected chi connectivity index (χ1v) is 12.1. The molecule has 0 aliphatic heterocycles. The van der Waals surface area contributed by atoms with Crippen LogP contribution in [0.3, 0.4) is 0 Å². The van der Waals surface area contributed by atoms with E-state index in [9.17, 15) is 13.2 Å². The number of anilines is 1. The maximum atomic E-state index is 12.3. The van der Waals surface area contributed by atoms with Crippen molar-refractivity contribution < 1.29 is 13.2 Å². The zero-order chi connectivity index (χ0) is 20.7. The number of hydrogen-bond donors (Lipinski definition) is 1. The molecule has 0 aliphatic carbocycles. The summed E-state index contributed by atoms with van der Waals surface area (Å²) < 4.78 is 25.4. The number of thioether (sulfide) groups is 1. The Morgan fingerprint density at radius 1 is 1.11 bits per heavy atom. The Bertz CT molecular complexity index is 883. The highest BCUT2D eigenvalue weighted by Gasteiger charge is 2.20. The quantitative estimate of drug-likeness (QED) is 0.470. The van der Waals surface area contributed by atoms with E-state index in [4.69, 9.17) is 11.6 Å². The maximum absolute atomic E-state index is 12.3. The van der Waals surface area contributed by atoms with E-state index < -0.39 is 10.0 Å². The van der Waals surface area contributed by atoms with Crippen molar-refractivity contribution in [2.24, 2.45) is 0 Å². The van der Waals surface area contributed by atoms with Crippen molar-refractivity contribution in [3.8, 4) is 0 Å². The highest BCUT2D eigenvalue weighted by molar-refractivity contribution is 7.99. The number of nitrogens with zero attached hydrogens (tertiary/aromatic N) is 1. The molecule has 2 aromatic rings. The van der Waals surface area contributed by atoms with Gasteiger partial charge in [0, 0.05) is 22.2 Å². The van der Waals surface area contributed by atoms with Crippen LogP contribution < -0.4 is 9.62 Å². The highest BCUT2D eigenvalue weighted by atomic mass is 35.5. The number of rotatable bonds is 9. The number of carbonyl (C=O) groups excluding carboxylic acids is 1.